The molecule has 0 aromatic heterocycles. The van der Waals surface area contributed by atoms with E-state index in [0.29, 0.717) is 12.2 Å². The fourth-order valence-corrected chi connectivity index (χ4v) is 4.41. The van der Waals surface area contributed by atoms with Gasteiger partial charge in [-0.15, -0.1) is 0 Å². The van der Waals surface area contributed by atoms with Crippen molar-refractivity contribution in [2.75, 3.05) is 0 Å². The summed E-state index contributed by atoms with van der Waals surface area (Å²) in [5.74, 6) is 1.48. The summed E-state index contributed by atoms with van der Waals surface area (Å²) in [6.07, 6.45) is 14.6. The standard InChI is InChI=1S/C16H28O2/c17-14-10-15(12-6-2-1-3-7-12)18-16(11-14)13-8-4-5-9-13/h12-17H,1-11H2/t14-,15-,16+/m1/s1. The smallest absolute Gasteiger partial charge is 0.0631 e. The molecule has 0 unspecified atom stereocenters. The average Bonchev–Trinajstić information content (AvgIpc) is 2.93. The molecule has 0 radical (unpaired) electrons. The number of rotatable bonds is 2. The Hall–Kier alpha value is -0.0800. The van der Waals surface area contributed by atoms with Gasteiger partial charge >= 0.3 is 0 Å². The minimum atomic E-state index is -0.101. The van der Waals surface area contributed by atoms with Crippen LogP contribution in [-0.4, -0.2) is 23.4 Å². The van der Waals surface area contributed by atoms with Crippen LogP contribution in [0.3, 0.4) is 0 Å². The molecule has 2 aliphatic carbocycles. The Balaban J connectivity index is 1.60. The third kappa shape index (κ3) is 2.91. The van der Waals surface area contributed by atoms with Gasteiger partial charge in [-0.1, -0.05) is 32.1 Å². The normalized spacial score (nSPS) is 40.2. The Morgan fingerprint density at radius 2 is 1.11 bits per heavy atom. The zero-order chi connectivity index (χ0) is 12.4. The zero-order valence-electron chi connectivity index (χ0n) is 11.5. The van der Waals surface area contributed by atoms with Crippen LogP contribution in [0, 0.1) is 11.8 Å². The molecular formula is C16H28O2. The summed E-state index contributed by atoms with van der Waals surface area (Å²) < 4.78 is 6.42. The van der Waals surface area contributed by atoms with E-state index in [1.54, 1.807) is 0 Å². The second-order valence-corrected chi connectivity index (χ2v) is 6.78. The molecule has 0 bridgehead atoms. The maximum absolute atomic E-state index is 10.2. The van der Waals surface area contributed by atoms with Gasteiger partial charge in [0, 0.05) is 0 Å². The number of hydrogen-bond donors (Lipinski definition) is 1. The van der Waals surface area contributed by atoms with Crippen molar-refractivity contribution in [2.24, 2.45) is 11.8 Å². The first-order valence-electron chi connectivity index (χ1n) is 8.16. The van der Waals surface area contributed by atoms with Gasteiger partial charge in [-0.2, -0.15) is 0 Å². The van der Waals surface area contributed by atoms with Crippen molar-refractivity contribution in [3.8, 4) is 0 Å². The van der Waals surface area contributed by atoms with Crippen LogP contribution in [0.2, 0.25) is 0 Å². The highest BCUT2D eigenvalue weighted by molar-refractivity contribution is 4.87. The van der Waals surface area contributed by atoms with Gasteiger partial charge in [-0.25, -0.2) is 0 Å². The van der Waals surface area contributed by atoms with Crippen molar-refractivity contribution in [3.05, 3.63) is 0 Å². The summed E-state index contributed by atoms with van der Waals surface area (Å²) in [7, 11) is 0. The maximum atomic E-state index is 10.2. The molecule has 3 aliphatic rings. The summed E-state index contributed by atoms with van der Waals surface area (Å²) in [6.45, 7) is 0. The van der Waals surface area contributed by atoms with E-state index < -0.39 is 0 Å². The molecule has 3 rings (SSSR count). The average molecular weight is 252 g/mol. The Morgan fingerprint density at radius 1 is 0.667 bits per heavy atom. The third-order valence-electron chi connectivity index (χ3n) is 5.46. The van der Waals surface area contributed by atoms with Crippen molar-refractivity contribution < 1.29 is 9.84 Å². The van der Waals surface area contributed by atoms with Gasteiger partial charge in [0.15, 0.2) is 0 Å². The molecule has 3 atom stereocenters. The number of aliphatic hydroxyl groups excluding tert-OH is 1. The molecule has 1 N–H and O–H groups in total. The highest BCUT2D eigenvalue weighted by Crippen LogP contribution is 2.39. The first kappa shape index (κ1) is 12.9. The number of ether oxygens (including phenoxy) is 1. The zero-order valence-corrected chi connectivity index (χ0v) is 11.5. The quantitative estimate of drug-likeness (QED) is 0.812. The molecule has 18 heavy (non-hydrogen) atoms. The molecule has 1 aliphatic heterocycles. The van der Waals surface area contributed by atoms with Crippen molar-refractivity contribution in [1.29, 1.82) is 0 Å². The second-order valence-electron chi connectivity index (χ2n) is 6.78. The third-order valence-corrected chi connectivity index (χ3v) is 5.46. The van der Waals surface area contributed by atoms with Crippen molar-refractivity contribution in [3.63, 3.8) is 0 Å². The van der Waals surface area contributed by atoms with E-state index >= 15 is 0 Å². The lowest BCUT2D eigenvalue weighted by Crippen LogP contribution is -2.42. The highest BCUT2D eigenvalue weighted by Gasteiger charge is 2.37. The lowest BCUT2D eigenvalue weighted by Gasteiger charge is -2.41. The first-order chi connectivity index (χ1) is 8.83. The highest BCUT2D eigenvalue weighted by atomic mass is 16.5. The maximum Gasteiger partial charge on any atom is 0.0631 e. The summed E-state index contributed by atoms with van der Waals surface area (Å²) in [4.78, 5) is 0. The first-order valence-corrected chi connectivity index (χ1v) is 8.16. The summed E-state index contributed by atoms with van der Waals surface area (Å²) in [6, 6.07) is 0. The van der Waals surface area contributed by atoms with Gasteiger partial charge in [-0.3, -0.25) is 0 Å². The number of hydrogen-bond acceptors (Lipinski definition) is 2. The van der Waals surface area contributed by atoms with Gasteiger partial charge in [0.25, 0.3) is 0 Å². The van der Waals surface area contributed by atoms with Crippen LogP contribution in [-0.2, 0) is 4.74 Å². The molecule has 104 valence electrons. The van der Waals surface area contributed by atoms with E-state index in [0.717, 1.165) is 24.7 Å². The van der Waals surface area contributed by atoms with E-state index in [4.69, 9.17) is 4.74 Å². The van der Waals surface area contributed by atoms with Crippen LogP contribution in [0.15, 0.2) is 0 Å². The summed E-state index contributed by atoms with van der Waals surface area (Å²) >= 11 is 0. The van der Waals surface area contributed by atoms with Crippen LogP contribution >= 0.6 is 0 Å². The van der Waals surface area contributed by atoms with Crippen LogP contribution in [0.1, 0.15) is 70.6 Å². The van der Waals surface area contributed by atoms with Crippen LogP contribution < -0.4 is 0 Å². The largest absolute Gasteiger partial charge is 0.393 e. The molecule has 2 heteroatoms. The van der Waals surface area contributed by atoms with Gasteiger partial charge in [0.05, 0.1) is 18.3 Å². The van der Waals surface area contributed by atoms with E-state index in [1.165, 1.54) is 57.8 Å². The second kappa shape index (κ2) is 5.92. The molecule has 1 saturated heterocycles. The van der Waals surface area contributed by atoms with Crippen LogP contribution in [0.4, 0.5) is 0 Å². The minimum absolute atomic E-state index is 0.101. The van der Waals surface area contributed by atoms with E-state index in [9.17, 15) is 5.11 Å². The molecular weight excluding hydrogens is 224 g/mol. The van der Waals surface area contributed by atoms with Gasteiger partial charge < -0.3 is 9.84 Å². The van der Waals surface area contributed by atoms with Crippen molar-refractivity contribution in [1.82, 2.24) is 0 Å². The van der Waals surface area contributed by atoms with Gasteiger partial charge in [0.2, 0.25) is 0 Å². The van der Waals surface area contributed by atoms with Crippen molar-refractivity contribution in [2.45, 2.75) is 88.9 Å². The molecule has 2 nitrogen and oxygen atoms in total. The molecule has 3 fully saturated rings. The topological polar surface area (TPSA) is 29.5 Å². The van der Waals surface area contributed by atoms with Crippen LogP contribution in [0.5, 0.6) is 0 Å². The summed E-state index contributed by atoms with van der Waals surface area (Å²) in [5, 5.41) is 10.2. The van der Waals surface area contributed by atoms with E-state index in [-0.39, 0.29) is 6.10 Å². The molecule has 0 spiro atoms. The molecule has 0 aromatic rings. The predicted molar refractivity (Wildman–Crippen MR) is 72.4 cm³/mol. The van der Waals surface area contributed by atoms with E-state index in [2.05, 4.69) is 0 Å². The number of aliphatic hydroxyl groups is 1. The Morgan fingerprint density at radius 3 is 1.61 bits per heavy atom. The fourth-order valence-electron chi connectivity index (χ4n) is 4.41. The minimum Gasteiger partial charge on any atom is -0.393 e. The molecule has 1 heterocycles. The molecule has 2 saturated carbocycles. The van der Waals surface area contributed by atoms with Crippen molar-refractivity contribution >= 4 is 0 Å². The van der Waals surface area contributed by atoms with Gasteiger partial charge in [0.1, 0.15) is 0 Å². The molecule has 0 aromatic carbocycles. The molecule has 0 amide bonds. The lowest BCUT2D eigenvalue weighted by molar-refractivity contribution is -0.139. The van der Waals surface area contributed by atoms with E-state index in [1.807, 2.05) is 0 Å². The lowest BCUT2D eigenvalue weighted by atomic mass is 9.80. The monoisotopic (exact) mass is 252 g/mol. The van der Waals surface area contributed by atoms with Crippen LogP contribution in [0.25, 0.3) is 0 Å². The predicted octanol–water partition coefficient (Wildman–Crippen LogP) is 3.67. The Bertz CT molecular complexity index is 254. The Labute approximate surface area is 111 Å². The fraction of sp³-hybridized carbons (Fsp3) is 1.00. The van der Waals surface area contributed by atoms with Gasteiger partial charge in [-0.05, 0) is 50.4 Å². The summed E-state index contributed by atoms with van der Waals surface area (Å²) in [5.41, 5.74) is 0. The Kier molecular flexibility index (Phi) is 4.25. The SMILES string of the molecule is O[C@H]1C[C@@H](C2CCCC2)O[C@@H](C2CCCCC2)C1.